The third-order valence-corrected chi connectivity index (χ3v) is 5.36. The van der Waals surface area contributed by atoms with E-state index in [1.807, 2.05) is 57.9 Å². The Morgan fingerprint density at radius 1 is 1.07 bits per heavy atom. The van der Waals surface area contributed by atoms with E-state index in [0.717, 1.165) is 36.0 Å². The topological polar surface area (TPSA) is 77.6 Å². The molecule has 0 atom stereocenters. The standard InChI is InChI=1S/C23H26N6O/c1-3-18(4-2)29-16-13-20(27-29)22(30)26-23-25-19-10-5-6-11-21(19)28(23)15-12-17-9-7-8-14-24-17/h5-11,13-14,16,18H,3-4,12,15H2,1-2H3,(H,25,26,30). The van der Waals surface area contributed by atoms with Crippen molar-refractivity contribution in [1.82, 2.24) is 24.3 Å². The van der Waals surface area contributed by atoms with Gasteiger partial charge in [-0.3, -0.25) is 19.8 Å². The first kappa shape index (κ1) is 19.8. The molecule has 0 aliphatic heterocycles. The van der Waals surface area contributed by atoms with Crippen LogP contribution in [0.4, 0.5) is 5.95 Å². The van der Waals surface area contributed by atoms with Crippen LogP contribution in [0.2, 0.25) is 0 Å². The van der Waals surface area contributed by atoms with Gasteiger partial charge in [-0.2, -0.15) is 5.10 Å². The zero-order valence-electron chi connectivity index (χ0n) is 17.3. The van der Waals surface area contributed by atoms with Crippen molar-refractivity contribution in [2.75, 3.05) is 5.32 Å². The van der Waals surface area contributed by atoms with E-state index in [1.165, 1.54) is 0 Å². The number of benzene rings is 1. The van der Waals surface area contributed by atoms with E-state index in [0.29, 0.717) is 24.2 Å². The molecule has 0 bridgehead atoms. The van der Waals surface area contributed by atoms with Gasteiger partial charge < -0.3 is 4.57 Å². The Kier molecular flexibility index (Phi) is 5.88. The van der Waals surface area contributed by atoms with Crippen LogP contribution in [0, 0.1) is 0 Å². The maximum absolute atomic E-state index is 12.9. The minimum Gasteiger partial charge on any atom is -0.310 e. The van der Waals surface area contributed by atoms with E-state index in [4.69, 9.17) is 0 Å². The number of anilines is 1. The van der Waals surface area contributed by atoms with Crippen molar-refractivity contribution in [2.45, 2.75) is 45.7 Å². The van der Waals surface area contributed by atoms with Gasteiger partial charge in [0.25, 0.3) is 5.91 Å². The Labute approximate surface area is 175 Å². The Bertz CT molecular complexity index is 1130. The smallest absolute Gasteiger partial charge is 0.278 e. The number of nitrogens with zero attached hydrogens (tertiary/aromatic N) is 5. The highest BCUT2D eigenvalue weighted by molar-refractivity contribution is 6.02. The first-order valence-electron chi connectivity index (χ1n) is 10.4. The van der Waals surface area contributed by atoms with Gasteiger partial charge in [0.05, 0.1) is 17.1 Å². The summed E-state index contributed by atoms with van der Waals surface area (Å²) in [7, 11) is 0. The van der Waals surface area contributed by atoms with E-state index in [2.05, 4.69) is 34.2 Å². The molecule has 1 aromatic carbocycles. The molecule has 4 aromatic rings. The SMILES string of the molecule is CCC(CC)n1ccc(C(=O)Nc2nc3ccccc3n2CCc2ccccn2)n1. The molecule has 30 heavy (non-hydrogen) atoms. The van der Waals surface area contributed by atoms with E-state index < -0.39 is 0 Å². The van der Waals surface area contributed by atoms with Gasteiger partial charge in [-0.1, -0.05) is 32.0 Å². The van der Waals surface area contributed by atoms with Gasteiger partial charge in [-0.05, 0) is 43.2 Å². The predicted molar refractivity (Wildman–Crippen MR) is 117 cm³/mol. The minimum atomic E-state index is -0.255. The number of hydrogen-bond acceptors (Lipinski definition) is 4. The highest BCUT2D eigenvalue weighted by Crippen LogP contribution is 2.21. The quantitative estimate of drug-likeness (QED) is 0.471. The number of para-hydroxylation sites is 2. The lowest BCUT2D eigenvalue weighted by molar-refractivity contribution is 0.102. The van der Waals surface area contributed by atoms with Crippen molar-refractivity contribution in [3.05, 3.63) is 72.3 Å². The van der Waals surface area contributed by atoms with Crippen LogP contribution in [0.25, 0.3) is 11.0 Å². The molecule has 0 spiro atoms. The number of rotatable bonds is 8. The maximum atomic E-state index is 12.9. The first-order chi connectivity index (χ1) is 14.7. The summed E-state index contributed by atoms with van der Waals surface area (Å²) >= 11 is 0. The molecule has 3 heterocycles. The number of pyridine rings is 1. The number of amides is 1. The lowest BCUT2D eigenvalue weighted by atomic mass is 10.2. The molecule has 0 radical (unpaired) electrons. The maximum Gasteiger partial charge on any atom is 0.278 e. The summed E-state index contributed by atoms with van der Waals surface area (Å²) in [4.78, 5) is 21.9. The monoisotopic (exact) mass is 402 g/mol. The molecule has 0 aliphatic carbocycles. The van der Waals surface area contributed by atoms with Crippen LogP contribution in [0.3, 0.4) is 0 Å². The fourth-order valence-corrected chi connectivity index (χ4v) is 3.66. The van der Waals surface area contributed by atoms with Crippen LogP contribution in [0.1, 0.15) is 48.9 Å². The molecule has 0 saturated carbocycles. The van der Waals surface area contributed by atoms with Gasteiger partial charge in [-0.15, -0.1) is 0 Å². The van der Waals surface area contributed by atoms with Crippen LogP contribution >= 0.6 is 0 Å². The average molecular weight is 403 g/mol. The highest BCUT2D eigenvalue weighted by Gasteiger charge is 2.17. The highest BCUT2D eigenvalue weighted by atomic mass is 16.2. The molecule has 0 aliphatic rings. The number of carbonyl (C=O) groups excluding carboxylic acids is 1. The van der Waals surface area contributed by atoms with Crippen LogP contribution in [-0.2, 0) is 13.0 Å². The van der Waals surface area contributed by atoms with Crippen molar-refractivity contribution in [3.8, 4) is 0 Å². The second kappa shape index (κ2) is 8.90. The Morgan fingerprint density at radius 2 is 1.87 bits per heavy atom. The molecule has 7 nitrogen and oxygen atoms in total. The van der Waals surface area contributed by atoms with Crippen LogP contribution < -0.4 is 5.32 Å². The predicted octanol–water partition coefficient (Wildman–Crippen LogP) is 4.48. The van der Waals surface area contributed by atoms with Crippen molar-refractivity contribution < 1.29 is 4.79 Å². The molecule has 0 fully saturated rings. The first-order valence-corrected chi connectivity index (χ1v) is 10.4. The van der Waals surface area contributed by atoms with Crippen molar-refractivity contribution in [1.29, 1.82) is 0 Å². The van der Waals surface area contributed by atoms with Gasteiger partial charge >= 0.3 is 0 Å². The second-order valence-corrected chi connectivity index (χ2v) is 7.25. The molecule has 3 aromatic heterocycles. The van der Waals surface area contributed by atoms with Crippen molar-refractivity contribution in [3.63, 3.8) is 0 Å². The number of nitrogens with one attached hydrogen (secondary N) is 1. The Hall–Kier alpha value is -3.48. The molecule has 4 rings (SSSR count). The van der Waals surface area contributed by atoms with E-state index in [1.54, 1.807) is 12.3 Å². The summed E-state index contributed by atoms with van der Waals surface area (Å²) in [6.45, 7) is 4.91. The summed E-state index contributed by atoms with van der Waals surface area (Å²) in [5, 5.41) is 7.44. The summed E-state index contributed by atoms with van der Waals surface area (Å²) in [6, 6.07) is 15.8. The number of hydrogen-bond donors (Lipinski definition) is 1. The summed E-state index contributed by atoms with van der Waals surface area (Å²) in [5.74, 6) is 0.267. The number of carbonyl (C=O) groups is 1. The Morgan fingerprint density at radius 3 is 2.63 bits per heavy atom. The average Bonchev–Trinajstić information content (AvgIpc) is 3.39. The number of aromatic nitrogens is 5. The minimum absolute atomic E-state index is 0.255. The molecular weight excluding hydrogens is 376 g/mol. The fraction of sp³-hybridized carbons (Fsp3) is 0.304. The third-order valence-electron chi connectivity index (χ3n) is 5.36. The summed E-state index contributed by atoms with van der Waals surface area (Å²) < 4.78 is 3.90. The lowest BCUT2D eigenvalue weighted by Gasteiger charge is -2.12. The number of imidazole rings is 1. The molecule has 0 unspecified atom stereocenters. The molecule has 7 heteroatoms. The van der Waals surface area contributed by atoms with Crippen LogP contribution in [-0.4, -0.2) is 30.2 Å². The third kappa shape index (κ3) is 4.10. The van der Waals surface area contributed by atoms with E-state index in [-0.39, 0.29) is 5.91 Å². The van der Waals surface area contributed by atoms with Crippen LogP contribution in [0.5, 0.6) is 0 Å². The molecular formula is C23H26N6O. The van der Waals surface area contributed by atoms with E-state index >= 15 is 0 Å². The van der Waals surface area contributed by atoms with Crippen LogP contribution in [0.15, 0.2) is 60.9 Å². The van der Waals surface area contributed by atoms with Gasteiger partial charge in [0.1, 0.15) is 0 Å². The number of aryl methyl sites for hydroxylation is 2. The molecule has 0 saturated heterocycles. The van der Waals surface area contributed by atoms with Gasteiger partial charge in [-0.25, -0.2) is 4.98 Å². The number of fused-ring (bicyclic) bond motifs is 1. The molecule has 1 amide bonds. The van der Waals surface area contributed by atoms with E-state index in [9.17, 15) is 4.79 Å². The summed E-state index contributed by atoms with van der Waals surface area (Å²) in [5.41, 5.74) is 3.21. The zero-order chi connectivity index (χ0) is 20.9. The Balaban J connectivity index is 1.58. The molecule has 154 valence electrons. The zero-order valence-corrected chi connectivity index (χ0v) is 17.3. The largest absolute Gasteiger partial charge is 0.310 e. The summed E-state index contributed by atoms with van der Waals surface area (Å²) in [6.07, 6.45) is 6.36. The van der Waals surface area contributed by atoms with Gasteiger partial charge in [0.15, 0.2) is 5.69 Å². The van der Waals surface area contributed by atoms with Gasteiger partial charge in [0, 0.05) is 31.1 Å². The van der Waals surface area contributed by atoms with Gasteiger partial charge in [0.2, 0.25) is 5.95 Å². The lowest BCUT2D eigenvalue weighted by Crippen LogP contribution is -2.18. The van der Waals surface area contributed by atoms with Crippen molar-refractivity contribution in [2.24, 2.45) is 0 Å². The molecule has 1 N–H and O–H groups in total. The van der Waals surface area contributed by atoms with Crippen molar-refractivity contribution >= 4 is 22.9 Å². The normalized spacial score (nSPS) is 11.3. The fourth-order valence-electron chi connectivity index (χ4n) is 3.66. The second-order valence-electron chi connectivity index (χ2n) is 7.25.